The van der Waals surface area contributed by atoms with Gasteiger partial charge >= 0.3 is 0 Å². The second-order valence-corrected chi connectivity index (χ2v) is 9.75. The second kappa shape index (κ2) is 10.1. The van der Waals surface area contributed by atoms with Crippen molar-refractivity contribution in [3.63, 3.8) is 0 Å². The normalized spacial score (nSPS) is 11.8. The first-order valence-corrected chi connectivity index (χ1v) is 11.8. The number of carbonyl (C=O) groups excluding carboxylic acids is 1. The zero-order valence-electron chi connectivity index (χ0n) is 16.5. The average Bonchev–Trinajstić information content (AvgIpc) is 2.77. The summed E-state index contributed by atoms with van der Waals surface area (Å²) in [6, 6.07) is 21.6. The van der Waals surface area contributed by atoms with Crippen molar-refractivity contribution in [1.29, 1.82) is 0 Å². The number of halogens is 2. The topological polar surface area (TPSA) is 78.8 Å². The Bertz CT molecular complexity index is 1180. The van der Waals surface area contributed by atoms with Gasteiger partial charge in [0.25, 0.3) is 15.9 Å². The lowest BCUT2D eigenvalue weighted by atomic mass is 10.1. The number of nitrogens with one attached hydrogen (secondary N) is 1. The van der Waals surface area contributed by atoms with E-state index >= 15 is 0 Å². The molecule has 0 aliphatic rings. The van der Waals surface area contributed by atoms with E-state index in [-0.39, 0.29) is 4.90 Å². The molecule has 3 aromatic rings. The number of nitrogens with zero attached hydrogens (tertiary/aromatic N) is 2. The summed E-state index contributed by atoms with van der Waals surface area (Å²) in [5, 5.41) is 4.68. The number of sulfonamides is 1. The maximum atomic E-state index is 13.2. The molecule has 6 nitrogen and oxygen atoms in total. The number of hydrogen-bond acceptors (Lipinski definition) is 4. The van der Waals surface area contributed by atoms with E-state index in [9.17, 15) is 13.2 Å². The number of amides is 1. The van der Waals surface area contributed by atoms with E-state index in [0.29, 0.717) is 16.4 Å². The van der Waals surface area contributed by atoms with E-state index < -0.39 is 22.5 Å². The van der Waals surface area contributed by atoms with Crippen LogP contribution < -0.4 is 9.73 Å². The van der Waals surface area contributed by atoms with E-state index in [1.165, 1.54) is 12.1 Å². The maximum absolute atomic E-state index is 13.2. The Morgan fingerprint density at radius 2 is 1.61 bits per heavy atom. The lowest BCUT2D eigenvalue weighted by Crippen LogP contribution is -2.39. The number of hydrogen-bond donors (Lipinski definition) is 1. The molecule has 0 bridgehead atoms. The summed E-state index contributed by atoms with van der Waals surface area (Å²) in [5.74, 6) is -0.573. The van der Waals surface area contributed by atoms with Crippen LogP contribution in [-0.4, -0.2) is 26.6 Å². The highest BCUT2D eigenvalue weighted by atomic mass is 79.9. The average molecular weight is 521 g/mol. The van der Waals surface area contributed by atoms with Gasteiger partial charge in [-0.3, -0.25) is 9.10 Å². The van der Waals surface area contributed by atoms with E-state index in [1.54, 1.807) is 73.7 Å². The molecule has 0 heterocycles. The first kappa shape index (κ1) is 23.0. The Labute approximate surface area is 194 Å². The highest BCUT2D eigenvalue weighted by Gasteiger charge is 2.27. The number of hydrazone groups is 1. The van der Waals surface area contributed by atoms with Crippen molar-refractivity contribution in [1.82, 2.24) is 5.43 Å². The lowest BCUT2D eigenvalue weighted by Gasteiger charge is -2.23. The van der Waals surface area contributed by atoms with Crippen molar-refractivity contribution >= 4 is 54.9 Å². The van der Waals surface area contributed by atoms with Gasteiger partial charge in [0, 0.05) is 9.50 Å². The third-order valence-corrected chi connectivity index (χ3v) is 6.91. The van der Waals surface area contributed by atoms with Gasteiger partial charge in [0.15, 0.2) is 0 Å². The fourth-order valence-corrected chi connectivity index (χ4v) is 4.54. The van der Waals surface area contributed by atoms with Crippen molar-refractivity contribution in [2.24, 2.45) is 5.10 Å². The van der Waals surface area contributed by atoms with Crippen LogP contribution in [0.1, 0.15) is 12.5 Å². The molecule has 0 aliphatic heterocycles. The molecule has 1 N–H and O–H groups in total. The van der Waals surface area contributed by atoms with Crippen molar-refractivity contribution in [2.75, 3.05) is 10.8 Å². The van der Waals surface area contributed by atoms with Crippen LogP contribution >= 0.6 is 27.5 Å². The van der Waals surface area contributed by atoms with Crippen molar-refractivity contribution in [3.8, 4) is 0 Å². The van der Waals surface area contributed by atoms with Crippen LogP contribution in [0, 0.1) is 0 Å². The first-order chi connectivity index (χ1) is 14.8. The number of carbonyl (C=O) groups is 1. The zero-order valence-corrected chi connectivity index (χ0v) is 19.7. The van der Waals surface area contributed by atoms with Gasteiger partial charge in [-0.25, -0.2) is 13.8 Å². The molecule has 0 aromatic heterocycles. The predicted octanol–water partition coefficient (Wildman–Crippen LogP) is 4.84. The van der Waals surface area contributed by atoms with Gasteiger partial charge in [0.2, 0.25) is 0 Å². The van der Waals surface area contributed by atoms with Gasteiger partial charge < -0.3 is 0 Å². The van der Waals surface area contributed by atoms with Gasteiger partial charge in [0.05, 0.1) is 16.3 Å². The molecule has 9 heteroatoms. The minimum absolute atomic E-state index is 0.0894. The summed E-state index contributed by atoms with van der Waals surface area (Å²) in [5.41, 5.74) is 4.14. The SMILES string of the molecule is C/C(=N/NC(=O)CN(c1ccc(Br)cc1)S(=O)(=O)c1ccccc1)c1ccc(Cl)cc1. The van der Waals surface area contributed by atoms with Crippen molar-refractivity contribution in [2.45, 2.75) is 11.8 Å². The molecule has 0 fully saturated rings. The van der Waals surface area contributed by atoms with Gasteiger partial charge in [-0.1, -0.05) is 57.9 Å². The van der Waals surface area contributed by atoms with Gasteiger partial charge in [-0.05, 0) is 61.0 Å². The first-order valence-electron chi connectivity index (χ1n) is 9.20. The standard InChI is InChI=1S/C22H19BrClN3O3S/c1-16(17-7-11-19(24)12-8-17)25-26-22(28)15-27(20-13-9-18(23)10-14-20)31(29,30)21-5-3-2-4-6-21/h2-14H,15H2,1H3,(H,26,28)/b25-16-. The molecule has 3 rings (SSSR count). The van der Waals surface area contributed by atoms with Gasteiger partial charge in [-0.15, -0.1) is 0 Å². The van der Waals surface area contributed by atoms with E-state index in [0.717, 1.165) is 14.3 Å². The Balaban J connectivity index is 1.84. The second-order valence-electron chi connectivity index (χ2n) is 6.54. The summed E-state index contributed by atoms with van der Waals surface area (Å²) in [6.45, 7) is 1.30. The van der Waals surface area contributed by atoms with Crippen LogP contribution in [-0.2, 0) is 14.8 Å². The smallest absolute Gasteiger partial charge is 0.264 e. The van der Waals surface area contributed by atoms with Crippen LogP contribution in [0.4, 0.5) is 5.69 Å². The van der Waals surface area contributed by atoms with E-state index in [4.69, 9.17) is 11.6 Å². The third kappa shape index (κ3) is 5.94. The molecule has 31 heavy (non-hydrogen) atoms. The quantitative estimate of drug-likeness (QED) is 0.358. The largest absolute Gasteiger partial charge is 0.271 e. The minimum Gasteiger partial charge on any atom is -0.271 e. The Kier molecular flexibility index (Phi) is 7.48. The highest BCUT2D eigenvalue weighted by Crippen LogP contribution is 2.25. The molecule has 3 aromatic carbocycles. The summed E-state index contributed by atoms with van der Waals surface area (Å²) >= 11 is 9.22. The zero-order chi connectivity index (χ0) is 22.4. The highest BCUT2D eigenvalue weighted by molar-refractivity contribution is 9.10. The summed E-state index contributed by atoms with van der Waals surface area (Å²) in [7, 11) is -3.96. The monoisotopic (exact) mass is 519 g/mol. The number of rotatable bonds is 7. The predicted molar refractivity (Wildman–Crippen MR) is 127 cm³/mol. The van der Waals surface area contributed by atoms with Crippen LogP contribution in [0.15, 0.2) is 93.3 Å². The van der Waals surface area contributed by atoms with E-state index in [2.05, 4.69) is 26.5 Å². The van der Waals surface area contributed by atoms with E-state index in [1.807, 2.05) is 0 Å². The van der Waals surface area contributed by atoms with Crippen LogP contribution in [0.2, 0.25) is 5.02 Å². The fourth-order valence-electron chi connectivity index (χ4n) is 2.71. The molecule has 1 amide bonds. The van der Waals surface area contributed by atoms with Crippen molar-refractivity contribution in [3.05, 3.63) is 93.9 Å². The van der Waals surface area contributed by atoms with Crippen molar-refractivity contribution < 1.29 is 13.2 Å². The molecule has 160 valence electrons. The molecule has 0 saturated heterocycles. The molecular weight excluding hydrogens is 502 g/mol. The molecule has 0 unspecified atom stereocenters. The molecular formula is C22H19BrClN3O3S. The number of benzene rings is 3. The lowest BCUT2D eigenvalue weighted by molar-refractivity contribution is -0.119. The Hall–Kier alpha value is -2.68. The van der Waals surface area contributed by atoms with Gasteiger partial charge in [-0.2, -0.15) is 5.10 Å². The summed E-state index contributed by atoms with van der Waals surface area (Å²) in [6.07, 6.45) is 0. The Morgan fingerprint density at radius 1 is 1.00 bits per heavy atom. The summed E-state index contributed by atoms with van der Waals surface area (Å²) < 4.78 is 28.3. The molecule has 0 saturated carbocycles. The van der Waals surface area contributed by atoms with Crippen LogP contribution in [0.3, 0.4) is 0 Å². The molecule has 0 atom stereocenters. The Morgan fingerprint density at radius 3 is 2.23 bits per heavy atom. The van der Waals surface area contributed by atoms with Crippen LogP contribution in [0.5, 0.6) is 0 Å². The fraction of sp³-hybridized carbons (Fsp3) is 0.0909. The summed E-state index contributed by atoms with van der Waals surface area (Å²) in [4.78, 5) is 12.7. The maximum Gasteiger partial charge on any atom is 0.264 e. The number of anilines is 1. The minimum atomic E-state index is -3.96. The molecule has 0 aliphatic carbocycles. The van der Waals surface area contributed by atoms with Crippen LogP contribution in [0.25, 0.3) is 0 Å². The molecule has 0 spiro atoms. The van der Waals surface area contributed by atoms with Gasteiger partial charge in [0.1, 0.15) is 6.54 Å². The molecule has 0 radical (unpaired) electrons. The third-order valence-electron chi connectivity index (χ3n) is 4.34.